The van der Waals surface area contributed by atoms with Crippen LogP contribution in [-0.4, -0.2) is 27.9 Å². The van der Waals surface area contributed by atoms with Gasteiger partial charge in [0.1, 0.15) is 23.0 Å². The summed E-state index contributed by atoms with van der Waals surface area (Å²) in [6.07, 6.45) is 1.25. The van der Waals surface area contributed by atoms with Crippen LogP contribution >= 0.6 is 11.3 Å². The van der Waals surface area contributed by atoms with Crippen molar-refractivity contribution in [2.75, 3.05) is 6.61 Å². The summed E-state index contributed by atoms with van der Waals surface area (Å²) in [5, 5.41) is 0.0358. The van der Waals surface area contributed by atoms with Gasteiger partial charge in [0.25, 0.3) is 5.56 Å². The van der Waals surface area contributed by atoms with Crippen LogP contribution in [0.3, 0.4) is 0 Å². The largest absolute Gasteiger partial charge is 0.462 e. The maximum Gasteiger partial charge on any atom is 0.342 e. The van der Waals surface area contributed by atoms with Crippen molar-refractivity contribution >= 4 is 34.2 Å². The van der Waals surface area contributed by atoms with E-state index in [1.54, 1.807) is 19.9 Å². The maximum atomic E-state index is 12.7. The van der Waals surface area contributed by atoms with Gasteiger partial charge < -0.3 is 9.15 Å². The number of ether oxygens (including phenoxy) is 1. The molecule has 0 saturated carbocycles. The molecule has 8 heteroatoms. The SMILES string of the molecule is CCOC(=O)c1c(C)oc2ncn(CC(=O)c3ccc(C)s3)c(=O)c12. The van der Waals surface area contributed by atoms with E-state index in [4.69, 9.17) is 9.15 Å². The van der Waals surface area contributed by atoms with Gasteiger partial charge in [0.05, 0.1) is 18.0 Å². The summed E-state index contributed by atoms with van der Waals surface area (Å²) in [4.78, 5) is 42.9. The van der Waals surface area contributed by atoms with E-state index < -0.39 is 11.5 Å². The zero-order chi connectivity index (χ0) is 18.1. The number of hydrogen-bond acceptors (Lipinski definition) is 7. The normalized spacial score (nSPS) is 11.0. The van der Waals surface area contributed by atoms with Gasteiger partial charge in [0, 0.05) is 4.88 Å². The molecule has 0 bridgehead atoms. The lowest BCUT2D eigenvalue weighted by atomic mass is 10.2. The highest BCUT2D eigenvalue weighted by Crippen LogP contribution is 2.22. The van der Waals surface area contributed by atoms with Gasteiger partial charge in [0.2, 0.25) is 5.71 Å². The van der Waals surface area contributed by atoms with Crippen molar-refractivity contribution < 1.29 is 18.7 Å². The standard InChI is InChI=1S/C17H16N2O5S/c1-4-23-17(22)13-10(3)24-15-14(13)16(21)19(8-18-15)7-11(20)12-6-5-9(2)25-12/h5-6,8H,4,7H2,1-3H3. The number of nitrogens with zero attached hydrogens (tertiary/aromatic N) is 2. The van der Waals surface area contributed by atoms with Crippen molar-refractivity contribution in [1.29, 1.82) is 0 Å². The number of furan rings is 1. The first-order valence-corrected chi connectivity index (χ1v) is 8.49. The summed E-state index contributed by atoms with van der Waals surface area (Å²) in [6.45, 7) is 5.16. The number of Topliss-reactive ketones (excluding diaryl/α,β-unsaturated/α-hetero) is 1. The van der Waals surface area contributed by atoms with E-state index >= 15 is 0 Å². The van der Waals surface area contributed by atoms with Crippen LogP contribution in [0.1, 0.15) is 37.6 Å². The fourth-order valence-corrected chi connectivity index (χ4v) is 3.31. The zero-order valence-corrected chi connectivity index (χ0v) is 14.8. The molecule has 0 aliphatic rings. The minimum Gasteiger partial charge on any atom is -0.462 e. The molecule has 0 amide bonds. The van der Waals surface area contributed by atoms with Crippen LogP contribution in [0, 0.1) is 13.8 Å². The first-order chi connectivity index (χ1) is 11.9. The van der Waals surface area contributed by atoms with Gasteiger partial charge in [-0.25, -0.2) is 9.78 Å². The van der Waals surface area contributed by atoms with Crippen LogP contribution in [-0.2, 0) is 11.3 Å². The van der Waals surface area contributed by atoms with E-state index in [-0.39, 0.29) is 41.4 Å². The average Bonchev–Trinajstić information content (AvgIpc) is 3.13. The van der Waals surface area contributed by atoms with E-state index in [2.05, 4.69) is 4.98 Å². The summed E-state index contributed by atoms with van der Waals surface area (Å²) in [5.74, 6) is -0.578. The lowest BCUT2D eigenvalue weighted by Crippen LogP contribution is -2.25. The Balaban J connectivity index is 2.04. The Morgan fingerprint density at radius 2 is 2.08 bits per heavy atom. The van der Waals surface area contributed by atoms with E-state index in [0.717, 1.165) is 4.88 Å². The Labute approximate surface area is 146 Å². The molecular weight excluding hydrogens is 344 g/mol. The molecule has 0 aliphatic heterocycles. The molecule has 130 valence electrons. The highest BCUT2D eigenvalue weighted by Gasteiger charge is 2.24. The summed E-state index contributed by atoms with van der Waals surface area (Å²) < 4.78 is 11.5. The number of aryl methyl sites for hydroxylation is 2. The van der Waals surface area contributed by atoms with Crippen LogP contribution in [0.5, 0.6) is 0 Å². The van der Waals surface area contributed by atoms with Gasteiger partial charge >= 0.3 is 5.97 Å². The third kappa shape index (κ3) is 3.12. The smallest absolute Gasteiger partial charge is 0.342 e. The minimum absolute atomic E-state index is 0.0358. The molecule has 0 fully saturated rings. The number of carbonyl (C=O) groups excluding carboxylic acids is 2. The molecule has 0 atom stereocenters. The molecule has 0 aromatic carbocycles. The summed E-state index contributed by atoms with van der Waals surface area (Å²) in [5.41, 5.74) is -0.393. The topological polar surface area (TPSA) is 91.4 Å². The number of rotatable bonds is 5. The van der Waals surface area contributed by atoms with Crippen molar-refractivity contribution in [3.05, 3.63) is 49.9 Å². The van der Waals surface area contributed by atoms with Crippen LogP contribution in [0.2, 0.25) is 0 Å². The molecule has 3 heterocycles. The predicted molar refractivity (Wildman–Crippen MR) is 92.3 cm³/mol. The van der Waals surface area contributed by atoms with Gasteiger partial charge in [-0.15, -0.1) is 11.3 Å². The van der Waals surface area contributed by atoms with Gasteiger partial charge in [-0.05, 0) is 32.9 Å². The van der Waals surface area contributed by atoms with Crippen molar-refractivity contribution in [3.63, 3.8) is 0 Å². The second kappa shape index (κ2) is 6.64. The fourth-order valence-electron chi connectivity index (χ4n) is 2.52. The zero-order valence-electron chi connectivity index (χ0n) is 14.0. The summed E-state index contributed by atoms with van der Waals surface area (Å²) in [6, 6.07) is 3.58. The molecule has 0 unspecified atom stereocenters. The number of fused-ring (bicyclic) bond motifs is 1. The fraction of sp³-hybridized carbons (Fsp3) is 0.294. The van der Waals surface area contributed by atoms with Gasteiger partial charge in [-0.3, -0.25) is 14.2 Å². The number of thiophene rings is 1. The summed E-state index contributed by atoms with van der Waals surface area (Å²) >= 11 is 1.37. The molecule has 0 spiro atoms. The van der Waals surface area contributed by atoms with Crippen LogP contribution < -0.4 is 5.56 Å². The third-order valence-corrected chi connectivity index (χ3v) is 4.71. The first-order valence-electron chi connectivity index (χ1n) is 7.67. The maximum absolute atomic E-state index is 12.7. The highest BCUT2D eigenvalue weighted by molar-refractivity contribution is 7.14. The molecule has 0 radical (unpaired) electrons. The van der Waals surface area contributed by atoms with E-state index in [1.165, 1.54) is 22.2 Å². The van der Waals surface area contributed by atoms with Crippen molar-refractivity contribution in [1.82, 2.24) is 9.55 Å². The average molecular weight is 360 g/mol. The van der Waals surface area contributed by atoms with Crippen molar-refractivity contribution in [3.8, 4) is 0 Å². The Morgan fingerprint density at radius 3 is 2.72 bits per heavy atom. The van der Waals surface area contributed by atoms with Gasteiger partial charge in [-0.2, -0.15) is 0 Å². The number of hydrogen-bond donors (Lipinski definition) is 0. The lowest BCUT2D eigenvalue weighted by Gasteiger charge is -2.04. The summed E-state index contributed by atoms with van der Waals surface area (Å²) in [7, 11) is 0. The highest BCUT2D eigenvalue weighted by atomic mass is 32.1. The van der Waals surface area contributed by atoms with Crippen molar-refractivity contribution in [2.45, 2.75) is 27.3 Å². The van der Waals surface area contributed by atoms with E-state index in [9.17, 15) is 14.4 Å². The van der Waals surface area contributed by atoms with Crippen LogP contribution in [0.4, 0.5) is 0 Å². The third-order valence-electron chi connectivity index (χ3n) is 3.66. The Kier molecular flexibility index (Phi) is 4.54. The second-order valence-corrected chi connectivity index (χ2v) is 6.73. The lowest BCUT2D eigenvalue weighted by molar-refractivity contribution is 0.0526. The second-order valence-electron chi connectivity index (χ2n) is 5.44. The molecule has 25 heavy (non-hydrogen) atoms. The van der Waals surface area contributed by atoms with E-state index in [0.29, 0.717) is 4.88 Å². The monoisotopic (exact) mass is 360 g/mol. The Hall–Kier alpha value is -2.74. The molecule has 0 aliphatic carbocycles. The van der Waals surface area contributed by atoms with Gasteiger partial charge in [0.15, 0.2) is 5.78 Å². The minimum atomic E-state index is -0.643. The molecular formula is C17H16N2O5S. The van der Waals surface area contributed by atoms with Crippen LogP contribution in [0.15, 0.2) is 27.7 Å². The number of aromatic nitrogens is 2. The number of carbonyl (C=O) groups is 2. The predicted octanol–water partition coefficient (Wildman–Crippen LogP) is 2.73. The Morgan fingerprint density at radius 1 is 1.32 bits per heavy atom. The van der Waals surface area contributed by atoms with Crippen molar-refractivity contribution in [2.24, 2.45) is 0 Å². The molecule has 7 nitrogen and oxygen atoms in total. The first kappa shape index (κ1) is 17.1. The Bertz CT molecular complexity index is 1030. The molecule has 3 rings (SSSR count). The molecule has 3 aromatic heterocycles. The van der Waals surface area contributed by atoms with Crippen LogP contribution in [0.25, 0.3) is 11.1 Å². The quantitative estimate of drug-likeness (QED) is 0.513. The van der Waals surface area contributed by atoms with E-state index in [1.807, 2.05) is 13.0 Å². The number of ketones is 1. The van der Waals surface area contributed by atoms with Gasteiger partial charge in [-0.1, -0.05) is 0 Å². The molecule has 0 N–H and O–H groups in total. The molecule has 0 saturated heterocycles. The number of esters is 1. The molecule has 3 aromatic rings.